The van der Waals surface area contributed by atoms with Gasteiger partial charge in [0.1, 0.15) is 5.75 Å². The number of nitrogens with zero attached hydrogens (tertiary/aromatic N) is 1. The van der Waals surface area contributed by atoms with Crippen LogP contribution in [0.3, 0.4) is 0 Å². The van der Waals surface area contributed by atoms with Crippen molar-refractivity contribution in [3.63, 3.8) is 0 Å². The van der Waals surface area contributed by atoms with E-state index in [9.17, 15) is 9.90 Å². The van der Waals surface area contributed by atoms with E-state index in [1.165, 1.54) is 0 Å². The van der Waals surface area contributed by atoms with Crippen molar-refractivity contribution in [1.82, 2.24) is 0 Å². The summed E-state index contributed by atoms with van der Waals surface area (Å²) in [4.78, 5) is 14.9. The molecule has 4 rings (SSSR count). The molecule has 142 valence electrons. The van der Waals surface area contributed by atoms with Crippen LogP contribution in [0.5, 0.6) is 5.75 Å². The van der Waals surface area contributed by atoms with Crippen LogP contribution >= 0.6 is 0 Å². The molecule has 1 fully saturated rings. The monoisotopic (exact) mass is 373 g/mol. The highest BCUT2D eigenvalue weighted by Gasteiger charge is 2.49. The summed E-state index contributed by atoms with van der Waals surface area (Å²) in [5, 5.41) is 10.8. The lowest BCUT2D eigenvalue weighted by molar-refractivity contribution is -0.127. The van der Waals surface area contributed by atoms with Crippen LogP contribution in [0.25, 0.3) is 0 Å². The lowest BCUT2D eigenvalue weighted by Crippen LogP contribution is -2.60. The van der Waals surface area contributed by atoms with Gasteiger partial charge < -0.3 is 14.7 Å². The molecular weight excluding hydrogens is 350 g/mol. The molecule has 1 saturated heterocycles. The molecule has 0 saturated carbocycles. The van der Waals surface area contributed by atoms with Crippen molar-refractivity contribution in [3.8, 4) is 5.75 Å². The fourth-order valence-electron chi connectivity index (χ4n) is 3.91. The Morgan fingerprint density at radius 3 is 2.14 bits per heavy atom. The third kappa shape index (κ3) is 3.39. The minimum Gasteiger partial charge on any atom is -0.497 e. The largest absolute Gasteiger partial charge is 0.497 e. The predicted molar refractivity (Wildman–Crippen MR) is 109 cm³/mol. The molecule has 0 unspecified atom stereocenters. The van der Waals surface area contributed by atoms with Gasteiger partial charge in [-0.05, 0) is 41.8 Å². The summed E-state index contributed by atoms with van der Waals surface area (Å²) < 4.78 is 5.23. The summed E-state index contributed by atoms with van der Waals surface area (Å²) >= 11 is 0. The number of rotatable bonds is 6. The summed E-state index contributed by atoms with van der Waals surface area (Å²) in [5.74, 6) is 0.544. The van der Waals surface area contributed by atoms with Gasteiger partial charge in [-0.25, -0.2) is 0 Å². The molecule has 3 atom stereocenters. The van der Waals surface area contributed by atoms with E-state index in [0.717, 1.165) is 22.6 Å². The molecule has 0 aromatic heterocycles. The highest BCUT2D eigenvalue weighted by molar-refractivity contribution is 6.06. The number of anilines is 1. The summed E-state index contributed by atoms with van der Waals surface area (Å²) in [5.41, 5.74) is 2.68. The van der Waals surface area contributed by atoms with Gasteiger partial charge in [-0.2, -0.15) is 0 Å². The highest BCUT2D eigenvalue weighted by Crippen LogP contribution is 2.43. The highest BCUT2D eigenvalue weighted by atomic mass is 16.5. The van der Waals surface area contributed by atoms with Crippen LogP contribution in [0.4, 0.5) is 5.69 Å². The van der Waals surface area contributed by atoms with E-state index in [0.29, 0.717) is 6.42 Å². The lowest BCUT2D eigenvalue weighted by atomic mass is 9.77. The average Bonchev–Trinajstić information content (AvgIpc) is 2.75. The maximum Gasteiger partial charge on any atom is 0.236 e. The van der Waals surface area contributed by atoms with Gasteiger partial charge in [-0.15, -0.1) is 0 Å². The van der Waals surface area contributed by atoms with Crippen LogP contribution in [-0.2, 0) is 4.79 Å². The Kier molecular flexibility index (Phi) is 5.13. The van der Waals surface area contributed by atoms with E-state index >= 15 is 0 Å². The van der Waals surface area contributed by atoms with Gasteiger partial charge >= 0.3 is 0 Å². The zero-order valence-electron chi connectivity index (χ0n) is 15.7. The first kappa shape index (κ1) is 18.3. The quantitative estimate of drug-likeness (QED) is 0.655. The minimum absolute atomic E-state index is 0.0571. The molecule has 0 radical (unpaired) electrons. The van der Waals surface area contributed by atoms with E-state index in [4.69, 9.17) is 4.74 Å². The Labute approximate surface area is 165 Å². The molecule has 1 heterocycles. The second kappa shape index (κ2) is 7.87. The van der Waals surface area contributed by atoms with Crippen molar-refractivity contribution in [2.75, 3.05) is 12.0 Å². The van der Waals surface area contributed by atoms with Crippen LogP contribution in [-0.4, -0.2) is 24.2 Å². The molecule has 4 heteroatoms. The van der Waals surface area contributed by atoms with E-state index in [-0.39, 0.29) is 17.9 Å². The number of hydrogen-bond donors (Lipinski definition) is 1. The van der Waals surface area contributed by atoms with E-state index in [2.05, 4.69) is 0 Å². The number of β-lactam (4-membered cyclic amide) rings is 1. The fourth-order valence-corrected chi connectivity index (χ4v) is 3.91. The standard InChI is InChI=1S/C24H23NO3/c1-28-20-14-12-18(13-15-20)23-21(16-22(26)17-8-4-2-5-9-17)25(24(23)27)19-10-6-3-7-11-19/h2-15,21-23,26H,16H2,1H3/t21-,22-,23-/m1/s1. The van der Waals surface area contributed by atoms with Crippen LogP contribution in [0, 0.1) is 0 Å². The van der Waals surface area contributed by atoms with Gasteiger partial charge in [0.25, 0.3) is 0 Å². The molecule has 3 aromatic carbocycles. The number of hydrogen-bond acceptors (Lipinski definition) is 3. The number of carbonyl (C=O) groups is 1. The number of aliphatic hydroxyl groups excluding tert-OH is 1. The van der Waals surface area contributed by atoms with Gasteiger partial charge in [-0.1, -0.05) is 60.7 Å². The van der Waals surface area contributed by atoms with Gasteiger partial charge in [-0.3, -0.25) is 4.79 Å². The molecule has 4 nitrogen and oxygen atoms in total. The molecular formula is C24H23NO3. The SMILES string of the molecule is COc1ccc([C@H]2C(=O)N(c3ccccc3)[C@@H]2C[C@@H](O)c2ccccc2)cc1. The molecule has 0 bridgehead atoms. The molecule has 3 aromatic rings. The maximum atomic E-state index is 13.1. The molecule has 1 aliphatic heterocycles. The summed E-state index contributed by atoms with van der Waals surface area (Å²) in [6.07, 6.45) is -0.160. The fraction of sp³-hybridized carbons (Fsp3) is 0.208. The molecule has 0 aliphatic carbocycles. The number of para-hydroxylation sites is 1. The Morgan fingerprint density at radius 1 is 0.929 bits per heavy atom. The maximum absolute atomic E-state index is 13.1. The molecule has 28 heavy (non-hydrogen) atoms. The van der Waals surface area contributed by atoms with Crippen LogP contribution in [0.1, 0.15) is 29.6 Å². The second-order valence-electron chi connectivity index (χ2n) is 7.02. The van der Waals surface area contributed by atoms with E-state index in [1.807, 2.05) is 84.9 Å². The van der Waals surface area contributed by atoms with Crippen molar-refractivity contribution in [1.29, 1.82) is 0 Å². The number of amides is 1. The number of benzene rings is 3. The Bertz CT molecular complexity index is 925. The second-order valence-corrected chi connectivity index (χ2v) is 7.02. The van der Waals surface area contributed by atoms with E-state index in [1.54, 1.807) is 12.0 Å². The van der Waals surface area contributed by atoms with Crippen LogP contribution < -0.4 is 9.64 Å². The van der Waals surface area contributed by atoms with Crippen molar-refractivity contribution in [2.45, 2.75) is 24.5 Å². The smallest absolute Gasteiger partial charge is 0.236 e. The van der Waals surface area contributed by atoms with Gasteiger partial charge in [0.2, 0.25) is 5.91 Å². The summed E-state index contributed by atoms with van der Waals surface area (Å²) in [7, 11) is 1.62. The zero-order valence-corrected chi connectivity index (χ0v) is 15.7. The number of ether oxygens (including phenoxy) is 1. The molecule has 1 aliphatic rings. The normalized spacial score (nSPS) is 19.8. The van der Waals surface area contributed by atoms with Crippen LogP contribution in [0.15, 0.2) is 84.9 Å². The van der Waals surface area contributed by atoms with Gasteiger partial charge in [0.05, 0.1) is 25.2 Å². The average molecular weight is 373 g/mol. The molecule has 1 N–H and O–H groups in total. The third-order valence-corrected chi connectivity index (χ3v) is 5.38. The third-order valence-electron chi connectivity index (χ3n) is 5.38. The number of methoxy groups -OCH3 is 1. The Hall–Kier alpha value is -3.11. The molecule has 1 amide bonds. The summed E-state index contributed by atoms with van der Waals surface area (Å²) in [6.45, 7) is 0. The Morgan fingerprint density at radius 2 is 1.54 bits per heavy atom. The van der Waals surface area contributed by atoms with Gasteiger partial charge in [0.15, 0.2) is 0 Å². The van der Waals surface area contributed by atoms with Crippen LogP contribution in [0.2, 0.25) is 0 Å². The van der Waals surface area contributed by atoms with Crippen molar-refractivity contribution in [3.05, 3.63) is 96.1 Å². The topological polar surface area (TPSA) is 49.8 Å². The van der Waals surface area contributed by atoms with Crippen molar-refractivity contribution >= 4 is 11.6 Å². The minimum atomic E-state index is -0.633. The zero-order chi connectivity index (χ0) is 19.5. The summed E-state index contributed by atoms with van der Waals surface area (Å²) in [6, 6.07) is 26.8. The van der Waals surface area contributed by atoms with E-state index < -0.39 is 6.10 Å². The lowest BCUT2D eigenvalue weighted by Gasteiger charge is -2.48. The van der Waals surface area contributed by atoms with Crippen molar-refractivity contribution < 1.29 is 14.6 Å². The Balaban J connectivity index is 1.63. The van der Waals surface area contributed by atoms with Crippen molar-refractivity contribution in [2.24, 2.45) is 0 Å². The molecule has 0 spiro atoms. The number of carbonyl (C=O) groups excluding carboxylic acids is 1. The number of aliphatic hydroxyl groups is 1. The first-order valence-corrected chi connectivity index (χ1v) is 9.44. The van der Waals surface area contributed by atoms with Gasteiger partial charge in [0, 0.05) is 5.69 Å². The first-order valence-electron chi connectivity index (χ1n) is 9.44. The predicted octanol–water partition coefficient (Wildman–Crippen LogP) is 4.32. The first-order chi connectivity index (χ1) is 13.7.